The van der Waals surface area contributed by atoms with Crippen LogP contribution in [0.3, 0.4) is 0 Å². The van der Waals surface area contributed by atoms with Gasteiger partial charge in [-0.15, -0.1) is 0 Å². The molecule has 0 bridgehead atoms. The van der Waals surface area contributed by atoms with E-state index in [0.717, 1.165) is 37.9 Å². The SMILES string of the molecule is CC(C)(C)OC(=O)N1CCC(CCCc2cnc3ccccc3c2)CC1. The van der Waals surface area contributed by atoms with Crippen molar-refractivity contribution in [2.45, 2.75) is 58.5 Å². The molecule has 1 amide bonds. The van der Waals surface area contributed by atoms with Gasteiger partial charge in [0, 0.05) is 24.7 Å². The van der Waals surface area contributed by atoms with Gasteiger partial charge in [-0.1, -0.05) is 18.2 Å². The van der Waals surface area contributed by atoms with Gasteiger partial charge < -0.3 is 9.64 Å². The zero-order valence-corrected chi connectivity index (χ0v) is 16.2. The van der Waals surface area contributed by atoms with Crippen LogP contribution >= 0.6 is 0 Å². The lowest BCUT2D eigenvalue weighted by Gasteiger charge is -2.33. The predicted octanol–water partition coefficient (Wildman–Crippen LogP) is 5.20. The third-order valence-corrected chi connectivity index (χ3v) is 4.99. The van der Waals surface area contributed by atoms with Crippen molar-refractivity contribution in [1.29, 1.82) is 0 Å². The average Bonchev–Trinajstić information content (AvgIpc) is 2.61. The summed E-state index contributed by atoms with van der Waals surface area (Å²) < 4.78 is 5.47. The number of hydrogen-bond acceptors (Lipinski definition) is 3. The van der Waals surface area contributed by atoms with Crippen LogP contribution in [-0.4, -0.2) is 34.7 Å². The molecular weight excluding hydrogens is 324 g/mol. The van der Waals surface area contributed by atoms with E-state index in [2.05, 4.69) is 29.2 Å². The van der Waals surface area contributed by atoms with Crippen LogP contribution in [-0.2, 0) is 11.2 Å². The Morgan fingerprint density at radius 1 is 1.23 bits per heavy atom. The lowest BCUT2D eigenvalue weighted by atomic mass is 9.91. The Balaban J connectivity index is 1.41. The maximum atomic E-state index is 12.1. The molecule has 140 valence electrons. The van der Waals surface area contributed by atoms with E-state index in [1.807, 2.05) is 37.9 Å². The number of carbonyl (C=O) groups is 1. The third-order valence-electron chi connectivity index (χ3n) is 4.99. The van der Waals surface area contributed by atoms with Crippen molar-refractivity contribution < 1.29 is 9.53 Å². The monoisotopic (exact) mass is 354 g/mol. The van der Waals surface area contributed by atoms with Crippen LogP contribution in [0.1, 0.15) is 52.0 Å². The van der Waals surface area contributed by atoms with Crippen LogP contribution in [0.15, 0.2) is 36.5 Å². The van der Waals surface area contributed by atoms with Crippen LogP contribution < -0.4 is 0 Å². The summed E-state index contributed by atoms with van der Waals surface area (Å²) in [5.74, 6) is 0.710. The Labute approximate surface area is 156 Å². The summed E-state index contributed by atoms with van der Waals surface area (Å²) >= 11 is 0. The number of aromatic nitrogens is 1. The van der Waals surface area contributed by atoms with Crippen molar-refractivity contribution in [3.05, 3.63) is 42.1 Å². The molecule has 1 aromatic heterocycles. The fourth-order valence-electron chi connectivity index (χ4n) is 3.58. The smallest absolute Gasteiger partial charge is 0.410 e. The van der Waals surface area contributed by atoms with E-state index in [-0.39, 0.29) is 6.09 Å². The van der Waals surface area contributed by atoms with Crippen molar-refractivity contribution in [2.75, 3.05) is 13.1 Å². The van der Waals surface area contributed by atoms with E-state index in [4.69, 9.17) is 4.74 Å². The fraction of sp³-hybridized carbons (Fsp3) is 0.545. The number of piperidine rings is 1. The Kier molecular flexibility index (Phi) is 5.80. The maximum Gasteiger partial charge on any atom is 0.410 e. The first-order valence-corrected chi connectivity index (χ1v) is 9.72. The number of carbonyl (C=O) groups excluding carboxylic acids is 1. The molecule has 26 heavy (non-hydrogen) atoms. The summed E-state index contributed by atoms with van der Waals surface area (Å²) in [4.78, 5) is 18.5. The summed E-state index contributed by atoms with van der Waals surface area (Å²) in [6.45, 7) is 7.38. The standard InChI is InChI=1S/C22H30N2O2/c1-22(2,3)26-21(25)24-13-11-17(12-14-24)7-6-8-18-15-19-9-4-5-10-20(19)23-16-18/h4-5,9-10,15-17H,6-8,11-14H2,1-3H3. The van der Waals surface area contributed by atoms with Gasteiger partial charge >= 0.3 is 6.09 Å². The summed E-state index contributed by atoms with van der Waals surface area (Å²) in [5.41, 5.74) is 1.96. The quantitative estimate of drug-likeness (QED) is 0.757. The highest BCUT2D eigenvalue weighted by molar-refractivity contribution is 5.78. The summed E-state index contributed by atoms with van der Waals surface area (Å²) in [5, 5.41) is 1.22. The second-order valence-electron chi connectivity index (χ2n) is 8.34. The zero-order chi connectivity index (χ0) is 18.6. The Bertz CT molecular complexity index is 743. The number of fused-ring (bicyclic) bond motifs is 1. The number of amides is 1. The van der Waals surface area contributed by atoms with E-state index < -0.39 is 5.60 Å². The van der Waals surface area contributed by atoms with Crippen LogP contribution in [0.2, 0.25) is 0 Å². The number of pyridine rings is 1. The number of likely N-dealkylation sites (tertiary alicyclic amines) is 1. The number of ether oxygens (including phenoxy) is 1. The van der Waals surface area contributed by atoms with Crippen molar-refractivity contribution >= 4 is 17.0 Å². The van der Waals surface area contributed by atoms with E-state index in [0.29, 0.717) is 5.92 Å². The van der Waals surface area contributed by atoms with Crippen LogP contribution in [0, 0.1) is 5.92 Å². The minimum atomic E-state index is -0.415. The molecule has 1 aromatic carbocycles. The molecule has 1 aliphatic rings. The molecule has 4 nitrogen and oxygen atoms in total. The second kappa shape index (κ2) is 8.07. The average molecular weight is 354 g/mol. The molecule has 0 saturated carbocycles. The number of aryl methyl sites for hydroxylation is 1. The Morgan fingerprint density at radius 2 is 1.96 bits per heavy atom. The van der Waals surface area contributed by atoms with Crippen molar-refractivity contribution in [1.82, 2.24) is 9.88 Å². The largest absolute Gasteiger partial charge is 0.444 e. The van der Waals surface area contributed by atoms with E-state index in [9.17, 15) is 4.79 Å². The molecule has 1 aliphatic heterocycles. The van der Waals surface area contributed by atoms with Gasteiger partial charge in [0.05, 0.1) is 5.52 Å². The Morgan fingerprint density at radius 3 is 2.69 bits per heavy atom. The molecule has 2 heterocycles. The minimum Gasteiger partial charge on any atom is -0.444 e. The van der Waals surface area contributed by atoms with E-state index in [1.165, 1.54) is 23.8 Å². The van der Waals surface area contributed by atoms with Crippen LogP contribution in [0.25, 0.3) is 10.9 Å². The molecule has 2 aromatic rings. The molecule has 1 fully saturated rings. The predicted molar refractivity (Wildman–Crippen MR) is 105 cm³/mol. The lowest BCUT2D eigenvalue weighted by molar-refractivity contribution is 0.0180. The highest BCUT2D eigenvalue weighted by atomic mass is 16.6. The molecule has 0 atom stereocenters. The van der Waals surface area contributed by atoms with E-state index >= 15 is 0 Å². The molecule has 1 saturated heterocycles. The molecule has 0 N–H and O–H groups in total. The number of benzene rings is 1. The minimum absolute atomic E-state index is 0.168. The lowest BCUT2D eigenvalue weighted by Crippen LogP contribution is -2.41. The highest BCUT2D eigenvalue weighted by Gasteiger charge is 2.26. The molecule has 3 rings (SSSR count). The molecular formula is C22H30N2O2. The topological polar surface area (TPSA) is 42.4 Å². The van der Waals surface area contributed by atoms with Gasteiger partial charge in [0.25, 0.3) is 0 Å². The summed E-state index contributed by atoms with van der Waals surface area (Å²) in [6, 6.07) is 10.5. The van der Waals surface area contributed by atoms with E-state index in [1.54, 1.807) is 0 Å². The number of para-hydroxylation sites is 1. The number of hydrogen-bond donors (Lipinski definition) is 0. The molecule has 0 aliphatic carbocycles. The number of rotatable bonds is 4. The van der Waals surface area contributed by atoms with Crippen molar-refractivity contribution in [2.24, 2.45) is 5.92 Å². The van der Waals surface area contributed by atoms with Gasteiger partial charge in [-0.3, -0.25) is 4.98 Å². The fourth-order valence-corrected chi connectivity index (χ4v) is 3.58. The van der Waals surface area contributed by atoms with Gasteiger partial charge in [0.15, 0.2) is 0 Å². The molecule has 0 spiro atoms. The van der Waals surface area contributed by atoms with Gasteiger partial charge in [-0.2, -0.15) is 0 Å². The summed E-state index contributed by atoms with van der Waals surface area (Å²) in [6.07, 6.45) is 7.46. The van der Waals surface area contributed by atoms with Gasteiger partial charge in [-0.05, 0) is 76.5 Å². The maximum absolute atomic E-state index is 12.1. The summed E-state index contributed by atoms with van der Waals surface area (Å²) in [7, 11) is 0. The Hall–Kier alpha value is -2.10. The molecule has 0 unspecified atom stereocenters. The first-order valence-electron chi connectivity index (χ1n) is 9.72. The zero-order valence-electron chi connectivity index (χ0n) is 16.2. The van der Waals surface area contributed by atoms with Crippen LogP contribution in [0.5, 0.6) is 0 Å². The third kappa shape index (κ3) is 5.20. The second-order valence-corrected chi connectivity index (χ2v) is 8.34. The van der Waals surface area contributed by atoms with Crippen molar-refractivity contribution in [3.63, 3.8) is 0 Å². The van der Waals surface area contributed by atoms with Gasteiger partial charge in [-0.25, -0.2) is 4.79 Å². The molecule has 4 heteroatoms. The first kappa shape index (κ1) is 18.7. The normalized spacial score (nSPS) is 16.0. The van der Waals surface area contributed by atoms with Gasteiger partial charge in [0.1, 0.15) is 5.60 Å². The van der Waals surface area contributed by atoms with Crippen LogP contribution in [0.4, 0.5) is 4.79 Å². The number of nitrogens with zero attached hydrogens (tertiary/aromatic N) is 2. The molecule has 0 radical (unpaired) electrons. The van der Waals surface area contributed by atoms with Gasteiger partial charge in [0.2, 0.25) is 0 Å². The van der Waals surface area contributed by atoms with Crippen molar-refractivity contribution in [3.8, 4) is 0 Å². The highest BCUT2D eigenvalue weighted by Crippen LogP contribution is 2.24. The first-order chi connectivity index (χ1) is 12.4.